The molecule has 1 spiro atoms. The van der Waals surface area contributed by atoms with Gasteiger partial charge in [-0.05, 0) is 60.6 Å². The molecule has 1 fully saturated rings. The van der Waals surface area contributed by atoms with E-state index >= 15 is 0 Å². The van der Waals surface area contributed by atoms with Crippen LogP contribution in [-0.4, -0.2) is 46.2 Å². The first kappa shape index (κ1) is 25.2. The molecule has 3 aliphatic rings. The minimum absolute atomic E-state index is 0.0301. The van der Waals surface area contributed by atoms with E-state index in [1.807, 2.05) is 74.5 Å². The van der Waals surface area contributed by atoms with Crippen LogP contribution in [-0.2, 0) is 32.6 Å². The van der Waals surface area contributed by atoms with Crippen molar-refractivity contribution in [2.24, 2.45) is 0 Å². The highest BCUT2D eigenvalue weighted by Crippen LogP contribution is 2.47. The van der Waals surface area contributed by atoms with E-state index < -0.39 is 11.0 Å². The average molecular weight is 524 g/mol. The minimum Gasteiger partial charge on any atom is -0.325 e. The van der Waals surface area contributed by atoms with E-state index in [9.17, 15) is 14.4 Å². The van der Waals surface area contributed by atoms with Gasteiger partial charge >= 0.3 is 0 Å². The summed E-state index contributed by atoms with van der Waals surface area (Å²) >= 11 is 0. The van der Waals surface area contributed by atoms with Crippen molar-refractivity contribution in [2.75, 3.05) is 23.7 Å². The van der Waals surface area contributed by atoms with Crippen LogP contribution in [0.3, 0.4) is 0 Å². The van der Waals surface area contributed by atoms with Gasteiger partial charge in [0.05, 0.1) is 17.0 Å². The Labute approximate surface area is 228 Å². The number of pyridine rings is 1. The minimum atomic E-state index is -0.666. The second-order valence-electron chi connectivity index (χ2n) is 10.9. The van der Waals surface area contributed by atoms with E-state index in [4.69, 9.17) is 0 Å². The lowest BCUT2D eigenvalue weighted by molar-refractivity contribution is -0.148. The molecule has 1 aliphatic carbocycles. The van der Waals surface area contributed by atoms with Crippen molar-refractivity contribution in [3.05, 3.63) is 89.1 Å². The maximum atomic E-state index is 13.8. The summed E-state index contributed by atoms with van der Waals surface area (Å²) in [6.45, 7) is 4.56. The van der Waals surface area contributed by atoms with Crippen molar-refractivity contribution in [3.8, 4) is 0 Å². The molecule has 8 heteroatoms. The van der Waals surface area contributed by atoms with Crippen LogP contribution in [0.1, 0.15) is 55.0 Å². The molecule has 3 amide bonds. The van der Waals surface area contributed by atoms with E-state index in [0.717, 1.165) is 22.3 Å². The van der Waals surface area contributed by atoms with Crippen molar-refractivity contribution in [1.82, 2.24) is 15.2 Å². The van der Waals surface area contributed by atoms with Crippen molar-refractivity contribution >= 4 is 29.2 Å². The van der Waals surface area contributed by atoms with Gasteiger partial charge in [-0.2, -0.15) is 0 Å². The third kappa shape index (κ3) is 4.10. The Morgan fingerprint density at radius 3 is 2.56 bits per heavy atom. The molecule has 2 unspecified atom stereocenters. The molecular weight excluding hydrogens is 490 g/mol. The fourth-order valence-electron chi connectivity index (χ4n) is 6.55. The van der Waals surface area contributed by atoms with Crippen LogP contribution < -0.4 is 16.0 Å². The van der Waals surface area contributed by atoms with Gasteiger partial charge in [-0.1, -0.05) is 56.3 Å². The number of benzene rings is 2. The zero-order valence-electron chi connectivity index (χ0n) is 22.3. The number of amides is 3. The number of nitrogens with zero attached hydrogens (tertiary/aromatic N) is 2. The first-order valence-corrected chi connectivity index (χ1v) is 13.7. The van der Waals surface area contributed by atoms with Gasteiger partial charge in [0.2, 0.25) is 17.7 Å². The summed E-state index contributed by atoms with van der Waals surface area (Å²) in [7, 11) is 0. The standard InChI is InChI=1S/C31H33N5O3/c1-3-31(4-2)29(39)36(25(18-33-31)20-9-6-5-7-10-20)19-26(37)34-23-13-12-21-16-30(17-22(21)15-23)24-11-8-14-32-27(24)35-28(30)38/h5-15,25,33H,3-4,16-19H2,1-2H3,(H,34,37)(H,32,35,38). The number of hydrogen-bond acceptors (Lipinski definition) is 5. The fraction of sp³-hybridized carbons (Fsp3) is 0.355. The molecule has 0 radical (unpaired) electrons. The smallest absolute Gasteiger partial charge is 0.244 e. The zero-order chi connectivity index (χ0) is 27.2. The van der Waals surface area contributed by atoms with Crippen molar-refractivity contribution in [3.63, 3.8) is 0 Å². The molecule has 1 aromatic heterocycles. The molecule has 3 heterocycles. The van der Waals surface area contributed by atoms with Gasteiger partial charge in [-0.25, -0.2) is 4.98 Å². The summed E-state index contributed by atoms with van der Waals surface area (Å²) in [5.41, 5.74) is 3.40. The van der Waals surface area contributed by atoms with Crippen LogP contribution in [0.15, 0.2) is 66.9 Å². The molecule has 0 bridgehead atoms. The summed E-state index contributed by atoms with van der Waals surface area (Å²) in [6.07, 6.45) is 4.15. The van der Waals surface area contributed by atoms with Crippen molar-refractivity contribution < 1.29 is 14.4 Å². The second-order valence-corrected chi connectivity index (χ2v) is 10.9. The number of hydrogen-bond donors (Lipinski definition) is 3. The van der Waals surface area contributed by atoms with Gasteiger partial charge in [0.25, 0.3) is 0 Å². The highest BCUT2D eigenvalue weighted by atomic mass is 16.2. The molecule has 200 valence electrons. The first-order valence-electron chi connectivity index (χ1n) is 13.7. The highest BCUT2D eigenvalue weighted by Gasteiger charge is 2.51. The largest absolute Gasteiger partial charge is 0.325 e. The fourth-order valence-corrected chi connectivity index (χ4v) is 6.55. The average Bonchev–Trinajstić information content (AvgIpc) is 3.47. The summed E-state index contributed by atoms with van der Waals surface area (Å²) in [5.74, 6) is 0.316. The normalized spacial score (nSPS) is 22.9. The molecule has 2 atom stereocenters. The Bertz CT molecular complexity index is 1450. The molecule has 6 rings (SSSR count). The predicted octanol–water partition coefficient (Wildman–Crippen LogP) is 3.74. The van der Waals surface area contributed by atoms with Crippen LogP contribution in [0.4, 0.5) is 11.5 Å². The van der Waals surface area contributed by atoms with Crippen LogP contribution in [0, 0.1) is 0 Å². The molecule has 2 aliphatic heterocycles. The third-order valence-corrected chi connectivity index (χ3v) is 8.85. The Morgan fingerprint density at radius 2 is 1.79 bits per heavy atom. The second kappa shape index (κ2) is 9.61. The lowest BCUT2D eigenvalue weighted by atomic mass is 9.79. The molecule has 3 aromatic rings. The van der Waals surface area contributed by atoms with Crippen molar-refractivity contribution in [1.29, 1.82) is 0 Å². The SMILES string of the molecule is CCC1(CC)NCC(c2ccccc2)N(CC(=O)Nc2ccc3c(c2)CC2(C3)C(=O)Nc3ncccc32)C1=O. The lowest BCUT2D eigenvalue weighted by Gasteiger charge is -2.46. The van der Waals surface area contributed by atoms with Gasteiger partial charge in [-0.15, -0.1) is 0 Å². The molecular formula is C31H33N5O3. The monoisotopic (exact) mass is 523 g/mol. The summed E-state index contributed by atoms with van der Waals surface area (Å²) in [4.78, 5) is 46.2. The molecule has 2 aromatic carbocycles. The Morgan fingerprint density at radius 1 is 1.03 bits per heavy atom. The number of fused-ring (bicyclic) bond motifs is 3. The van der Waals surface area contributed by atoms with Gasteiger partial charge < -0.3 is 20.9 Å². The Kier molecular flexibility index (Phi) is 6.22. The van der Waals surface area contributed by atoms with E-state index in [1.54, 1.807) is 11.1 Å². The Balaban J connectivity index is 1.22. The van der Waals surface area contributed by atoms with Crippen molar-refractivity contribution in [2.45, 2.75) is 56.5 Å². The quantitative estimate of drug-likeness (QED) is 0.457. The number of anilines is 2. The van der Waals surface area contributed by atoms with Gasteiger partial charge in [0, 0.05) is 24.0 Å². The molecule has 39 heavy (non-hydrogen) atoms. The molecule has 8 nitrogen and oxygen atoms in total. The molecule has 3 N–H and O–H groups in total. The number of carbonyl (C=O) groups is 3. The molecule has 0 saturated carbocycles. The maximum absolute atomic E-state index is 13.8. The number of piperazine rings is 1. The molecule has 1 saturated heterocycles. The zero-order valence-corrected chi connectivity index (χ0v) is 22.3. The number of aromatic nitrogens is 1. The van der Waals surface area contributed by atoms with Crippen LogP contribution >= 0.6 is 0 Å². The van der Waals surface area contributed by atoms with Crippen LogP contribution in [0.25, 0.3) is 0 Å². The third-order valence-electron chi connectivity index (χ3n) is 8.85. The van der Waals surface area contributed by atoms with Gasteiger partial charge in [0.15, 0.2) is 0 Å². The van der Waals surface area contributed by atoms with E-state index in [1.165, 1.54) is 0 Å². The van der Waals surface area contributed by atoms with E-state index in [0.29, 0.717) is 43.7 Å². The number of rotatable bonds is 6. The maximum Gasteiger partial charge on any atom is 0.244 e. The predicted molar refractivity (Wildman–Crippen MR) is 149 cm³/mol. The number of carbonyl (C=O) groups excluding carboxylic acids is 3. The summed E-state index contributed by atoms with van der Waals surface area (Å²) in [6, 6.07) is 19.3. The van der Waals surface area contributed by atoms with Gasteiger partial charge in [-0.3, -0.25) is 14.4 Å². The Hall–Kier alpha value is -4.04. The number of nitrogens with one attached hydrogen (secondary N) is 3. The van der Waals surface area contributed by atoms with E-state index in [2.05, 4.69) is 20.9 Å². The van der Waals surface area contributed by atoms with Crippen LogP contribution in [0.2, 0.25) is 0 Å². The van der Waals surface area contributed by atoms with Crippen LogP contribution in [0.5, 0.6) is 0 Å². The highest BCUT2D eigenvalue weighted by molar-refractivity contribution is 6.06. The summed E-state index contributed by atoms with van der Waals surface area (Å²) < 4.78 is 0. The van der Waals surface area contributed by atoms with Gasteiger partial charge in [0.1, 0.15) is 12.4 Å². The van der Waals surface area contributed by atoms with E-state index in [-0.39, 0.29) is 30.3 Å². The topological polar surface area (TPSA) is 103 Å². The first-order chi connectivity index (χ1) is 18.9. The summed E-state index contributed by atoms with van der Waals surface area (Å²) in [5, 5.41) is 9.44. The lowest BCUT2D eigenvalue weighted by Crippen LogP contribution is -2.65.